The predicted octanol–water partition coefficient (Wildman–Crippen LogP) is 6.04. The van der Waals surface area contributed by atoms with E-state index in [2.05, 4.69) is 19.1 Å². The molecule has 0 aromatic rings. The number of ether oxygens (including phenoxy) is 1. The standard InChI is InChI=1S/C21H38O4/c1-2-3-4-5-6-7-8-9-10-11-12-13-14-15-16-17-21(24)25-19-18-20(22)23/h9-10H,2-8,11-19H2,1H3,(H,22,23)/b10-9-. The Labute approximate surface area is 154 Å². The van der Waals surface area contributed by atoms with Crippen LogP contribution in [-0.4, -0.2) is 23.7 Å². The Kier molecular flexibility index (Phi) is 18.0. The van der Waals surface area contributed by atoms with Crippen LogP contribution in [-0.2, 0) is 14.3 Å². The van der Waals surface area contributed by atoms with Crippen LogP contribution in [0.4, 0.5) is 0 Å². The van der Waals surface area contributed by atoms with Crippen molar-refractivity contribution in [1.82, 2.24) is 0 Å². The van der Waals surface area contributed by atoms with Crippen LogP contribution in [0.2, 0.25) is 0 Å². The summed E-state index contributed by atoms with van der Waals surface area (Å²) in [7, 11) is 0. The molecule has 0 spiro atoms. The lowest BCUT2D eigenvalue weighted by Gasteiger charge is -2.03. The lowest BCUT2D eigenvalue weighted by molar-refractivity contribution is -0.146. The maximum atomic E-state index is 11.3. The predicted molar refractivity (Wildman–Crippen MR) is 103 cm³/mol. The van der Waals surface area contributed by atoms with Crippen LogP contribution in [0.15, 0.2) is 12.2 Å². The van der Waals surface area contributed by atoms with E-state index in [1.165, 1.54) is 57.8 Å². The zero-order valence-corrected chi connectivity index (χ0v) is 16.1. The van der Waals surface area contributed by atoms with Crippen LogP contribution in [0.3, 0.4) is 0 Å². The summed E-state index contributed by atoms with van der Waals surface area (Å²) in [4.78, 5) is 21.6. The molecule has 0 unspecified atom stereocenters. The fraction of sp³-hybridized carbons (Fsp3) is 0.810. The van der Waals surface area contributed by atoms with Gasteiger partial charge >= 0.3 is 11.9 Å². The van der Waals surface area contributed by atoms with Crippen molar-refractivity contribution in [1.29, 1.82) is 0 Å². The van der Waals surface area contributed by atoms with Gasteiger partial charge in [0.05, 0.1) is 6.42 Å². The molecule has 146 valence electrons. The second-order valence-electron chi connectivity index (χ2n) is 6.70. The summed E-state index contributed by atoms with van der Waals surface area (Å²) in [6.45, 7) is 2.24. The highest BCUT2D eigenvalue weighted by atomic mass is 16.5. The largest absolute Gasteiger partial charge is 0.481 e. The van der Waals surface area contributed by atoms with E-state index in [-0.39, 0.29) is 19.0 Å². The zero-order chi connectivity index (χ0) is 18.6. The topological polar surface area (TPSA) is 63.6 Å². The third kappa shape index (κ3) is 20.6. The van der Waals surface area contributed by atoms with Gasteiger partial charge in [0.1, 0.15) is 6.61 Å². The number of rotatable bonds is 18. The van der Waals surface area contributed by atoms with Gasteiger partial charge in [-0.15, -0.1) is 0 Å². The third-order valence-electron chi connectivity index (χ3n) is 4.22. The Morgan fingerprint density at radius 1 is 0.760 bits per heavy atom. The molecule has 25 heavy (non-hydrogen) atoms. The highest BCUT2D eigenvalue weighted by molar-refractivity contribution is 5.70. The number of carbonyl (C=O) groups excluding carboxylic acids is 1. The van der Waals surface area contributed by atoms with Gasteiger partial charge in [-0.05, 0) is 32.1 Å². The van der Waals surface area contributed by atoms with Crippen LogP contribution >= 0.6 is 0 Å². The van der Waals surface area contributed by atoms with Crippen molar-refractivity contribution in [2.75, 3.05) is 6.61 Å². The Morgan fingerprint density at radius 3 is 1.84 bits per heavy atom. The molecule has 0 saturated heterocycles. The second kappa shape index (κ2) is 19.0. The van der Waals surface area contributed by atoms with E-state index < -0.39 is 5.97 Å². The molecule has 4 heteroatoms. The van der Waals surface area contributed by atoms with E-state index in [0.717, 1.165) is 25.7 Å². The van der Waals surface area contributed by atoms with Gasteiger partial charge in [0.25, 0.3) is 0 Å². The average Bonchev–Trinajstić information content (AvgIpc) is 2.58. The van der Waals surface area contributed by atoms with Crippen molar-refractivity contribution >= 4 is 11.9 Å². The highest BCUT2D eigenvalue weighted by Crippen LogP contribution is 2.10. The first-order chi connectivity index (χ1) is 12.2. The van der Waals surface area contributed by atoms with E-state index in [0.29, 0.717) is 6.42 Å². The van der Waals surface area contributed by atoms with E-state index in [1.807, 2.05) is 0 Å². The SMILES string of the molecule is CCCCCCCC/C=C\CCCCCCCC(=O)OCCC(=O)O. The number of carboxylic acid groups (broad SMARTS) is 1. The Morgan fingerprint density at radius 2 is 1.28 bits per heavy atom. The zero-order valence-electron chi connectivity index (χ0n) is 16.1. The molecule has 0 aliphatic carbocycles. The summed E-state index contributed by atoms with van der Waals surface area (Å²) in [6.07, 6.45) is 20.9. The molecular weight excluding hydrogens is 316 g/mol. The average molecular weight is 355 g/mol. The van der Waals surface area contributed by atoms with Gasteiger partial charge in [-0.2, -0.15) is 0 Å². The number of allylic oxidation sites excluding steroid dienone is 2. The van der Waals surface area contributed by atoms with Gasteiger partial charge in [-0.3, -0.25) is 9.59 Å². The minimum absolute atomic E-state index is 0.0146. The molecule has 0 amide bonds. The van der Waals surface area contributed by atoms with Crippen LogP contribution in [0.5, 0.6) is 0 Å². The van der Waals surface area contributed by atoms with E-state index in [9.17, 15) is 9.59 Å². The first-order valence-corrected chi connectivity index (χ1v) is 10.2. The molecule has 0 bridgehead atoms. The summed E-state index contributed by atoms with van der Waals surface area (Å²) >= 11 is 0. The molecule has 0 atom stereocenters. The molecule has 4 nitrogen and oxygen atoms in total. The molecule has 1 N–H and O–H groups in total. The molecule has 0 fully saturated rings. The van der Waals surface area contributed by atoms with E-state index >= 15 is 0 Å². The van der Waals surface area contributed by atoms with Gasteiger partial charge in [-0.25, -0.2) is 0 Å². The van der Waals surface area contributed by atoms with Crippen molar-refractivity contribution in [3.63, 3.8) is 0 Å². The number of unbranched alkanes of at least 4 members (excludes halogenated alkanes) is 11. The van der Waals surface area contributed by atoms with E-state index in [4.69, 9.17) is 9.84 Å². The monoisotopic (exact) mass is 354 g/mol. The maximum absolute atomic E-state index is 11.3. The quantitative estimate of drug-likeness (QED) is 0.185. The molecule has 0 heterocycles. The lowest BCUT2D eigenvalue weighted by atomic mass is 10.1. The second-order valence-corrected chi connectivity index (χ2v) is 6.70. The summed E-state index contributed by atoms with van der Waals surface area (Å²) in [5.74, 6) is -1.22. The molecule has 0 aromatic heterocycles. The number of hydrogen-bond donors (Lipinski definition) is 1. The summed E-state index contributed by atoms with van der Waals surface area (Å²) < 4.78 is 4.84. The van der Waals surface area contributed by atoms with Crippen LogP contribution < -0.4 is 0 Å². The Hall–Kier alpha value is -1.32. The fourth-order valence-corrected chi connectivity index (χ4v) is 2.66. The Bertz CT molecular complexity index is 350. The number of hydrogen-bond acceptors (Lipinski definition) is 3. The molecular formula is C21H38O4. The molecule has 0 saturated carbocycles. The minimum atomic E-state index is -0.936. The summed E-state index contributed by atoms with van der Waals surface area (Å²) in [5, 5.41) is 8.45. The highest BCUT2D eigenvalue weighted by Gasteiger charge is 2.04. The molecule has 0 aromatic carbocycles. The van der Waals surface area contributed by atoms with Gasteiger partial charge in [0.2, 0.25) is 0 Å². The molecule has 0 radical (unpaired) electrons. The van der Waals surface area contributed by atoms with Crippen LogP contribution in [0.25, 0.3) is 0 Å². The van der Waals surface area contributed by atoms with Gasteiger partial charge < -0.3 is 9.84 Å². The molecule has 0 aliphatic rings. The van der Waals surface area contributed by atoms with Gasteiger partial charge in [0.15, 0.2) is 0 Å². The first-order valence-electron chi connectivity index (χ1n) is 10.2. The van der Waals surface area contributed by atoms with Crippen molar-refractivity contribution in [2.45, 2.75) is 103 Å². The third-order valence-corrected chi connectivity index (χ3v) is 4.22. The normalized spacial score (nSPS) is 11.1. The van der Waals surface area contributed by atoms with Gasteiger partial charge in [-0.1, -0.05) is 70.4 Å². The van der Waals surface area contributed by atoms with Crippen LogP contribution in [0, 0.1) is 0 Å². The Balaban J connectivity index is 3.21. The van der Waals surface area contributed by atoms with E-state index in [1.54, 1.807) is 0 Å². The maximum Gasteiger partial charge on any atom is 0.306 e. The van der Waals surface area contributed by atoms with Crippen molar-refractivity contribution in [2.24, 2.45) is 0 Å². The van der Waals surface area contributed by atoms with Crippen molar-refractivity contribution in [3.8, 4) is 0 Å². The smallest absolute Gasteiger partial charge is 0.306 e. The van der Waals surface area contributed by atoms with Crippen molar-refractivity contribution in [3.05, 3.63) is 12.2 Å². The minimum Gasteiger partial charge on any atom is -0.481 e. The first kappa shape index (κ1) is 23.7. The molecule has 0 aliphatic heterocycles. The molecule has 0 rings (SSSR count). The number of esters is 1. The summed E-state index contributed by atoms with van der Waals surface area (Å²) in [6, 6.07) is 0. The van der Waals surface area contributed by atoms with Crippen LogP contribution in [0.1, 0.15) is 103 Å². The van der Waals surface area contributed by atoms with Crippen molar-refractivity contribution < 1.29 is 19.4 Å². The summed E-state index contributed by atoms with van der Waals surface area (Å²) in [5.41, 5.74) is 0. The number of carbonyl (C=O) groups is 2. The van der Waals surface area contributed by atoms with Gasteiger partial charge in [0, 0.05) is 6.42 Å². The fourth-order valence-electron chi connectivity index (χ4n) is 2.66. The number of aliphatic carboxylic acids is 1. The number of carboxylic acids is 1. The lowest BCUT2D eigenvalue weighted by Crippen LogP contribution is -2.08.